The van der Waals surface area contributed by atoms with E-state index in [0.29, 0.717) is 19.4 Å². The number of aliphatic hydroxyl groups excluding tert-OH is 1. The molecule has 1 aliphatic heterocycles. The number of carbonyl (C=O) groups is 2. The molecule has 6 nitrogen and oxygen atoms in total. The van der Waals surface area contributed by atoms with E-state index in [9.17, 15) is 14.7 Å². The number of hydrogen-bond acceptors (Lipinski definition) is 5. The minimum absolute atomic E-state index is 0.0120. The van der Waals surface area contributed by atoms with Crippen molar-refractivity contribution in [2.45, 2.75) is 52.2 Å². The van der Waals surface area contributed by atoms with Crippen molar-refractivity contribution < 1.29 is 24.2 Å². The molecule has 1 rings (SSSR count). The number of esters is 1. The van der Waals surface area contributed by atoms with E-state index in [2.05, 4.69) is 0 Å². The van der Waals surface area contributed by atoms with Crippen molar-refractivity contribution in [3.05, 3.63) is 0 Å². The molecule has 0 aromatic rings. The maximum Gasteiger partial charge on any atom is 0.411 e. The Hall–Kier alpha value is -1.30. The maximum atomic E-state index is 12.2. The molecule has 0 aliphatic carbocycles. The van der Waals surface area contributed by atoms with Gasteiger partial charge in [-0.1, -0.05) is 0 Å². The molecular weight excluding hydrogens is 262 g/mol. The number of likely N-dealkylation sites (tertiary alicyclic amines) is 1. The van der Waals surface area contributed by atoms with Crippen LogP contribution in [-0.2, 0) is 14.3 Å². The number of piperidine rings is 1. The van der Waals surface area contributed by atoms with Crippen LogP contribution in [0.5, 0.6) is 0 Å². The maximum absolute atomic E-state index is 12.2. The third-order valence-corrected chi connectivity index (χ3v) is 3.16. The first kappa shape index (κ1) is 16.8. The first-order valence-electron chi connectivity index (χ1n) is 7.05. The van der Waals surface area contributed by atoms with E-state index < -0.39 is 23.7 Å². The van der Waals surface area contributed by atoms with Crippen LogP contribution in [0.15, 0.2) is 0 Å². The molecule has 0 bridgehead atoms. The van der Waals surface area contributed by atoms with E-state index in [4.69, 9.17) is 9.47 Å². The molecule has 1 N–H and O–H groups in total. The van der Waals surface area contributed by atoms with Gasteiger partial charge in [-0.05, 0) is 46.5 Å². The highest BCUT2D eigenvalue weighted by Crippen LogP contribution is 2.25. The number of ether oxygens (including phenoxy) is 2. The summed E-state index contributed by atoms with van der Waals surface area (Å²) in [6, 6.07) is -0.671. The van der Waals surface area contributed by atoms with Crippen LogP contribution in [0.2, 0.25) is 0 Å². The quantitative estimate of drug-likeness (QED) is 0.797. The predicted octanol–water partition coefficient (Wildman–Crippen LogP) is 1.56. The summed E-state index contributed by atoms with van der Waals surface area (Å²) in [5.41, 5.74) is -0.607. The number of amides is 1. The lowest BCUT2D eigenvalue weighted by Crippen LogP contribution is -2.52. The largest absolute Gasteiger partial charge is 0.464 e. The molecule has 1 amide bonds. The van der Waals surface area contributed by atoms with Gasteiger partial charge in [0, 0.05) is 13.2 Å². The van der Waals surface area contributed by atoms with E-state index in [1.54, 1.807) is 27.7 Å². The van der Waals surface area contributed by atoms with Gasteiger partial charge >= 0.3 is 12.1 Å². The van der Waals surface area contributed by atoms with Gasteiger partial charge in [0.05, 0.1) is 6.61 Å². The van der Waals surface area contributed by atoms with Crippen LogP contribution >= 0.6 is 0 Å². The summed E-state index contributed by atoms with van der Waals surface area (Å²) in [4.78, 5) is 25.6. The lowest BCUT2D eigenvalue weighted by Gasteiger charge is -2.38. The van der Waals surface area contributed by atoms with Crippen molar-refractivity contribution >= 4 is 12.1 Å². The van der Waals surface area contributed by atoms with Crippen LogP contribution in [-0.4, -0.2) is 53.5 Å². The van der Waals surface area contributed by atoms with Crippen LogP contribution in [0.3, 0.4) is 0 Å². The molecule has 1 heterocycles. The van der Waals surface area contributed by atoms with Crippen molar-refractivity contribution in [3.63, 3.8) is 0 Å². The number of aliphatic hydroxyl groups is 1. The van der Waals surface area contributed by atoms with Crippen LogP contribution in [0, 0.1) is 5.92 Å². The Labute approximate surface area is 120 Å². The predicted molar refractivity (Wildman–Crippen MR) is 73.2 cm³/mol. The minimum Gasteiger partial charge on any atom is -0.464 e. The summed E-state index contributed by atoms with van der Waals surface area (Å²) in [6.45, 7) is 7.74. The van der Waals surface area contributed by atoms with E-state index in [0.717, 1.165) is 0 Å². The van der Waals surface area contributed by atoms with Crippen molar-refractivity contribution in [1.29, 1.82) is 0 Å². The minimum atomic E-state index is -0.671. The number of hydrogen-bond donors (Lipinski definition) is 1. The van der Waals surface area contributed by atoms with Gasteiger partial charge in [-0.3, -0.25) is 4.90 Å². The first-order chi connectivity index (χ1) is 9.28. The molecule has 2 atom stereocenters. The fourth-order valence-electron chi connectivity index (χ4n) is 2.21. The molecule has 1 fully saturated rings. The summed E-state index contributed by atoms with van der Waals surface area (Å²) in [5.74, 6) is -0.417. The molecule has 0 spiro atoms. The molecular formula is C14H25NO5. The average Bonchev–Trinajstić information content (AvgIpc) is 2.36. The standard InChI is InChI=1S/C14H25NO5/c1-5-19-12(17)11-8-10(9-16)6-7-15(11)13(18)20-14(2,3)4/h10-11,16H,5-9H2,1-4H3/t10-,11-/m0/s1. The Morgan fingerprint density at radius 2 is 2.00 bits per heavy atom. The van der Waals surface area contributed by atoms with Crippen LogP contribution < -0.4 is 0 Å². The van der Waals surface area contributed by atoms with Gasteiger partial charge in [0.15, 0.2) is 0 Å². The van der Waals surface area contributed by atoms with Crippen molar-refractivity contribution in [1.82, 2.24) is 4.90 Å². The Morgan fingerprint density at radius 3 is 2.50 bits per heavy atom. The molecule has 1 saturated heterocycles. The van der Waals surface area contributed by atoms with Crippen molar-refractivity contribution in [2.75, 3.05) is 19.8 Å². The fourth-order valence-corrected chi connectivity index (χ4v) is 2.21. The second-order valence-electron chi connectivity index (χ2n) is 6.01. The second-order valence-corrected chi connectivity index (χ2v) is 6.01. The van der Waals surface area contributed by atoms with Crippen molar-refractivity contribution in [3.8, 4) is 0 Å². The van der Waals surface area contributed by atoms with Crippen LogP contribution in [0.1, 0.15) is 40.5 Å². The smallest absolute Gasteiger partial charge is 0.411 e. The van der Waals surface area contributed by atoms with Gasteiger partial charge in [-0.2, -0.15) is 0 Å². The molecule has 6 heteroatoms. The average molecular weight is 287 g/mol. The zero-order valence-corrected chi connectivity index (χ0v) is 12.7. The normalized spacial score (nSPS) is 23.4. The van der Waals surface area contributed by atoms with Crippen molar-refractivity contribution in [2.24, 2.45) is 5.92 Å². The third-order valence-electron chi connectivity index (χ3n) is 3.16. The van der Waals surface area contributed by atoms with Gasteiger partial charge in [0.1, 0.15) is 11.6 Å². The summed E-state index contributed by atoms with van der Waals surface area (Å²) < 4.78 is 10.3. The molecule has 116 valence electrons. The molecule has 0 radical (unpaired) electrons. The highest BCUT2D eigenvalue weighted by molar-refractivity contribution is 5.81. The Bertz CT molecular complexity index is 350. The number of nitrogens with zero attached hydrogens (tertiary/aromatic N) is 1. The Morgan fingerprint density at radius 1 is 1.35 bits per heavy atom. The summed E-state index contributed by atoms with van der Waals surface area (Å²) in [7, 11) is 0. The second kappa shape index (κ2) is 6.92. The van der Waals surface area contributed by atoms with E-state index in [-0.39, 0.29) is 19.1 Å². The third kappa shape index (κ3) is 4.67. The van der Waals surface area contributed by atoms with Gasteiger partial charge in [0.25, 0.3) is 0 Å². The Kier molecular flexibility index (Phi) is 5.80. The molecule has 0 aromatic carbocycles. The highest BCUT2D eigenvalue weighted by atomic mass is 16.6. The fraction of sp³-hybridized carbons (Fsp3) is 0.857. The number of carbonyl (C=O) groups excluding carboxylic acids is 2. The topological polar surface area (TPSA) is 76.1 Å². The van der Waals surface area contributed by atoms with Gasteiger partial charge in [-0.15, -0.1) is 0 Å². The zero-order valence-electron chi connectivity index (χ0n) is 12.7. The van der Waals surface area contributed by atoms with Crippen LogP contribution in [0.4, 0.5) is 4.79 Å². The Balaban J connectivity index is 2.80. The monoisotopic (exact) mass is 287 g/mol. The number of rotatable bonds is 3. The summed E-state index contributed by atoms with van der Waals surface area (Å²) in [6.07, 6.45) is 0.562. The highest BCUT2D eigenvalue weighted by Gasteiger charge is 2.38. The molecule has 20 heavy (non-hydrogen) atoms. The molecule has 0 saturated carbocycles. The van der Waals surface area contributed by atoms with Gasteiger partial charge < -0.3 is 14.6 Å². The van der Waals surface area contributed by atoms with Crippen LogP contribution in [0.25, 0.3) is 0 Å². The SMILES string of the molecule is CCOC(=O)[C@@H]1C[C@@H](CO)CCN1C(=O)OC(C)(C)C. The summed E-state index contributed by atoms with van der Waals surface area (Å²) in [5, 5.41) is 9.24. The lowest BCUT2D eigenvalue weighted by molar-refractivity contribution is -0.151. The molecule has 0 unspecified atom stereocenters. The van der Waals surface area contributed by atoms with Gasteiger partial charge in [0.2, 0.25) is 0 Å². The first-order valence-corrected chi connectivity index (χ1v) is 7.05. The van der Waals surface area contributed by atoms with Gasteiger partial charge in [-0.25, -0.2) is 9.59 Å². The zero-order chi connectivity index (χ0) is 15.3. The van der Waals surface area contributed by atoms with E-state index in [1.165, 1.54) is 4.90 Å². The molecule has 0 aromatic heterocycles. The summed E-state index contributed by atoms with van der Waals surface area (Å²) >= 11 is 0. The van der Waals surface area contributed by atoms with E-state index >= 15 is 0 Å². The van der Waals surface area contributed by atoms with E-state index in [1.807, 2.05) is 0 Å². The molecule has 1 aliphatic rings. The lowest BCUT2D eigenvalue weighted by atomic mass is 9.92.